The fourth-order valence-corrected chi connectivity index (χ4v) is 8.32. The third-order valence-electron chi connectivity index (χ3n) is 8.36. The maximum atomic E-state index is 14.6. The van der Waals surface area contributed by atoms with Gasteiger partial charge in [-0.1, -0.05) is 42.5 Å². The highest BCUT2D eigenvalue weighted by Gasteiger charge is 2.68. The normalized spacial score (nSPS) is 20.9. The molecule has 0 aliphatic carbocycles. The molecule has 0 spiro atoms. The fourth-order valence-electron chi connectivity index (χ4n) is 6.63. The van der Waals surface area contributed by atoms with Gasteiger partial charge in [-0.2, -0.15) is 0 Å². The molecule has 1 aromatic heterocycles. The highest BCUT2D eigenvalue weighted by atomic mass is 32.2. The van der Waals surface area contributed by atoms with Crippen molar-refractivity contribution in [2.45, 2.75) is 55.3 Å². The number of carbonyl (C=O) groups excluding carboxylic acids is 3. The number of para-hydroxylation sites is 1. The highest BCUT2D eigenvalue weighted by Crippen LogP contribution is 2.60. The lowest BCUT2D eigenvalue weighted by atomic mass is 9.72. The number of esters is 2. The largest absolute Gasteiger partial charge is 0.467 e. The molecule has 234 valence electrons. The zero-order valence-electron chi connectivity index (χ0n) is 25.4. The van der Waals surface area contributed by atoms with Gasteiger partial charge < -0.3 is 19.2 Å². The summed E-state index contributed by atoms with van der Waals surface area (Å²) in [5.74, 6) is -1.23. The summed E-state index contributed by atoms with van der Waals surface area (Å²) in [5.41, 5.74) is 0.297. The lowest BCUT2D eigenvalue weighted by Crippen LogP contribution is -2.57. The molecule has 1 N–H and O–H groups in total. The van der Waals surface area contributed by atoms with E-state index in [1.54, 1.807) is 81.6 Å². The van der Waals surface area contributed by atoms with Crippen molar-refractivity contribution in [3.8, 4) is 0 Å². The van der Waals surface area contributed by atoms with Crippen LogP contribution in [0.15, 0.2) is 83.9 Å². The molecule has 1 saturated heterocycles. The Morgan fingerprint density at radius 1 is 0.911 bits per heavy atom. The molecule has 0 bridgehead atoms. The number of benzene rings is 3. The van der Waals surface area contributed by atoms with Crippen molar-refractivity contribution >= 4 is 44.6 Å². The van der Waals surface area contributed by atoms with Crippen molar-refractivity contribution in [1.82, 2.24) is 9.88 Å². The second-order valence-corrected chi connectivity index (χ2v) is 13.9. The van der Waals surface area contributed by atoms with Crippen LogP contribution in [0.25, 0.3) is 10.9 Å². The number of carbonyl (C=O) groups is 3. The average Bonchev–Trinajstić information content (AvgIpc) is 3.68. The number of nitrogens with zero attached hydrogens (tertiary/aromatic N) is 2. The van der Waals surface area contributed by atoms with Crippen LogP contribution in [-0.2, 0) is 34.4 Å². The third-order valence-corrected chi connectivity index (χ3v) is 10.1. The number of sulfonamides is 1. The van der Waals surface area contributed by atoms with Gasteiger partial charge >= 0.3 is 18.0 Å². The molecule has 2 aliphatic heterocycles. The van der Waals surface area contributed by atoms with Gasteiger partial charge in [0, 0.05) is 17.1 Å². The van der Waals surface area contributed by atoms with Gasteiger partial charge in [-0.15, -0.1) is 0 Å². The zero-order valence-corrected chi connectivity index (χ0v) is 26.3. The monoisotopic (exact) mass is 631 g/mol. The van der Waals surface area contributed by atoms with E-state index in [0.29, 0.717) is 33.3 Å². The van der Waals surface area contributed by atoms with E-state index in [4.69, 9.17) is 14.2 Å². The number of nitrogens with one attached hydrogen (secondary N) is 1. The number of methoxy groups -OCH3 is 2. The van der Waals surface area contributed by atoms with Gasteiger partial charge in [-0.05, 0) is 68.7 Å². The maximum absolute atomic E-state index is 14.6. The van der Waals surface area contributed by atoms with Crippen molar-refractivity contribution in [2.24, 2.45) is 0 Å². The number of hydrogen-bond donors (Lipinski definition) is 1. The smallest absolute Gasteiger partial charge is 0.412 e. The van der Waals surface area contributed by atoms with Gasteiger partial charge in [-0.25, -0.2) is 27.1 Å². The Hall–Kier alpha value is -4.84. The van der Waals surface area contributed by atoms with Crippen LogP contribution in [0.4, 0.5) is 10.5 Å². The van der Waals surface area contributed by atoms with E-state index in [1.807, 2.05) is 6.07 Å². The summed E-state index contributed by atoms with van der Waals surface area (Å²) in [4.78, 5) is 44.4. The first-order valence-electron chi connectivity index (χ1n) is 14.3. The van der Waals surface area contributed by atoms with Crippen LogP contribution in [0.5, 0.6) is 0 Å². The lowest BCUT2D eigenvalue weighted by molar-refractivity contribution is -0.146. The van der Waals surface area contributed by atoms with Crippen LogP contribution in [0, 0.1) is 0 Å². The molecule has 0 radical (unpaired) electrons. The second-order valence-electron chi connectivity index (χ2n) is 12.1. The molecular formula is C33H33N3O8S. The molecule has 2 aliphatic rings. The van der Waals surface area contributed by atoms with E-state index in [0.717, 1.165) is 0 Å². The van der Waals surface area contributed by atoms with Crippen LogP contribution in [0.2, 0.25) is 0 Å². The van der Waals surface area contributed by atoms with Crippen LogP contribution in [0.1, 0.15) is 48.7 Å². The summed E-state index contributed by atoms with van der Waals surface area (Å²) in [6.07, 6.45) is -0.397. The topological polar surface area (TPSA) is 135 Å². The molecule has 1 fully saturated rings. The van der Waals surface area contributed by atoms with E-state index in [9.17, 15) is 22.8 Å². The number of aromatic nitrogens is 1. The van der Waals surface area contributed by atoms with Crippen LogP contribution >= 0.6 is 0 Å². The number of fused-ring (bicyclic) bond motifs is 4. The van der Waals surface area contributed by atoms with Crippen LogP contribution in [0.3, 0.4) is 0 Å². The van der Waals surface area contributed by atoms with E-state index in [-0.39, 0.29) is 11.3 Å². The summed E-state index contributed by atoms with van der Waals surface area (Å²) in [6, 6.07) is 18.8. The van der Waals surface area contributed by atoms with E-state index in [2.05, 4.69) is 4.98 Å². The summed E-state index contributed by atoms with van der Waals surface area (Å²) in [5, 5.41) is 0.677. The highest BCUT2D eigenvalue weighted by molar-refractivity contribution is 7.92. The molecule has 3 heterocycles. The summed E-state index contributed by atoms with van der Waals surface area (Å²) in [7, 11) is -1.79. The van der Waals surface area contributed by atoms with Gasteiger partial charge in [0.05, 0.1) is 35.8 Å². The van der Waals surface area contributed by atoms with Crippen molar-refractivity contribution < 1.29 is 37.0 Å². The molecule has 45 heavy (non-hydrogen) atoms. The number of hydrogen-bond acceptors (Lipinski definition) is 8. The average molecular weight is 632 g/mol. The molecule has 4 aromatic rings. The molecule has 0 unspecified atom stereocenters. The first-order valence-corrected chi connectivity index (χ1v) is 15.8. The second kappa shape index (κ2) is 10.7. The molecular weight excluding hydrogens is 598 g/mol. The Bertz CT molecular complexity index is 1930. The molecule has 1 amide bonds. The number of ether oxygens (including phenoxy) is 3. The zero-order chi connectivity index (χ0) is 32.3. The summed E-state index contributed by atoms with van der Waals surface area (Å²) in [6.45, 7) is 5.09. The Labute approximate surface area is 260 Å². The predicted molar refractivity (Wildman–Crippen MR) is 165 cm³/mol. The van der Waals surface area contributed by atoms with E-state index >= 15 is 0 Å². The van der Waals surface area contributed by atoms with Crippen molar-refractivity contribution in [2.75, 3.05) is 18.5 Å². The molecule has 11 nitrogen and oxygen atoms in total. The minimum Gasteiger partial charge on any atom is -0.467 e. The van der Waals surface area contributed by atoms with Gasteiger partial charge in [0.1, 0.15) is 17.8 Å². The number of amides is 1. The molecule has 6 rings (SSSR count). The molecule has 0 saturated carbocycles. The van der Waals surface area contributed by atoms with Gasteiger partial charge in [0.25, 0.3) is 10.0 Å². The standard InChI is InChI=1S/C33H33N3O8S/c1-32(2,3)44-31(39)35-27(29(38)43-5)18-33(24-19-34-25-17-20(28(37)42-4)15-16-22(24)25)23-13-9-10-14-26(23)36(30(33)35)45(40,41)21-11-7-6-8-12-21/h6-17,19,27,30,34H,18H2,1-5H3/t27-,30-,33+/m0/s1. The number of H-pyrrole nitrogens is 1. The van der Waals surface area contributed by atoms with Crippen molar-refractivity contribution in [3.63, 3.8) is 0 Å². The van der Waals surface area contributed by atoms with E-state index in [1.165, 1.54) is 35.6 Å². The lowest BCUT2D eigenvalue weighted by Gasteiger charge is -2.38. The van der Waals surface area contributed by atoms with Gasteiger partial charge in [-0.3, -0.25) is 4.90 Å². The van der Waals surface area contributed by atoms with E-state index < -0.39 is 51.3 Å². The van der Waals surface area contributed by atoms with Crippen molar-refractivity contribution in [1.29, 1.82) is 0 Å². The fraction of sp³-hybridized carbons (Fsp3) is 0.303. The third kappa shape index (κ3) is 4.62. The number of rotatable bonds is 5. The molecule has 12 heteroatoms. The SMILES string of the molecule is COC(=O)c1ccc2c([C@]34C[C@@H](C(=O)OC)N(C(=O)OC(C)(C)C)[C@H]3N(S(=O)(=O)c3ccccc3)c3ccccc34)c[nH]c2c1. The van der Waals surface area contributed by atoms with Crippen LogP contribution < -0.4 is 4.31 Å². The van der Waals surface area contributed by atoms with Crippen molar-refractivity contribution in [3.05, 3.63) is 95.7 Å². The van der Waals surface area contributed by atoms with Gasteiger partial charge in [0.15, 0.2) is 0 Å². The summed E-state index contributed by atoms with van der Waals surface area (Å²) < 4.78 is 46.4. The Kier molecular flexibility index (Phi) is 7.15. The first kappa shape index (κ1) is 30.2. The maximum Gasteiger partial charge on any atom is 0.412 e. The molecule has 3 atom stereocenters. The number of likely N-dealkylation sites (tertiary alicyclic amines) is 1. The number of aromatic amines is 1. The van der Waals surface area contributed by atoms with Gasteiger partial charge in [0.2, 0.25) is 0 Å². The first-order chi connectivity index (χ1) is 21.3. The minimum absolute atomic E-state index is 0.00683. The Morgan fingerprint density at radius 2 is 1.60 bits per heavy atom. The Balaban J connectivity index is 1.68. The minimum atomic E-state index is -4.32. The predicted octanol–water partition coefficient (Wildman–Crippen LogP) is 4.96. The summed E-state index contributed by atoms with van der Waals surface area (Å²) >= 11 is 0. The number of anilines is 1. The quantitative estimate of drug-likeness (QED) is 0.241. The molecule has 3 aromatic carbocycles. The Morgan fingerprint density at radius 3 is 2.27 bits per heavy atom. The van der Waals surface area contributed by atoms with Crippen LogP contribution in [-0.4, -0.2) is 68.4 Å².